The van der Waals surface area contributed by atoms with Gasteiger partial charge in [0.15, 0.2) is 5.76 Å². The fourth-order valence-corrected chi connectivity index (χ4v) is 2.75. The van der Waals surface area contributed by atoms with E-state index in [4.69, 9.17) is 9.51 Å². The largest absolute Gasteiger partial charge is 0.356 e. The number of anilines is 1. The maximum absolute atomic E-state index is 5.42. The minimum absolute atomic E-state index is 0.576. The summed E-state index contributed by atoms with van der Waals surface area (Å²) >= 11 is 0. The summed E-state index contributed by atoms with van der Waals surface area (Å²) in [5.74, 6) is 1.22. The van der Waals surface area contributed by atoms with Crippen LogP contribution in [0.2, 0.25) is 0 Å². The zero-order valence-electron chi connectivity index (χ0n) is 14.9. The quantitative estimate of drug-likeness (QED) is 0.505. The van der Waals surface area contributed by atoms with Gasteiger partial charge in [0.25, 0.3) is 0 Å². The number of imidazole rings is 1. The summed E-state index contributed by atoms with van der Waals surface area (Å²) in [7, 11) is 0. The molecular formula is C19H19N7O. The molecule has 8 heteroatoms. The monoisotopic (exact) mass is 361 g/mol. The van der Waals surface area contributed by atoms with Crippen LogP contribution in [0.25, 0.3) is 22.6 Å². The van der Waals surface area contributed by atoms with Gasteiger partial charge in [-0.15, -0.1) is 0 Å². The molecule has 0 atom stereocenters. The molecule has 4 aromatic heterocycles. The van der Waals surface area contributed by atoms with E-state index in [1.807, 2.05) is 42.2 Å². The Morgan fingerprint density at radius 1 is 1.15 bits per heavy atom. The van der Waals surface area contributed by atoms with Crippen molar-refractivity contribution < 1.29 is 4.52 Å². The molecule has 4 heterocycles. The standard InChI is InChI=1S/C19H19N7O/c1-14-11-17(27-25-14)16-12-23-19(22-5-2-9-26-10-8-21-13-26)24-18(16)15-3-6-20-7-4-15/h3-4,6-8,10-13H,2,5,9H2,1H3,(H,22,23,24). The number of nitrogens with zero attached hydrogens (tertiary/aromatic N) is 6. The van der Waals surface area contributed by atoms with Crippen LogP contribution in [0.5, 0.6) is 0 Å². The van der Waals surface area contributed by atoms with Gasteiger partial charge in [0.1, 0.15) is 0 Å². The van der Waals surface area contributed by atoms with Crippen LogP contribution in [0.15, 0.2) is 60.0 Å². The zero-order valence-corrected chi connectivity index (χ0v) is 14.9. The maximum atomic E-state index is 5.42. The van der Waals surface area contributed by atoms with E-state index in [9.17, 15) is 0 Å². The molecule has 8 nitrogen and oxygen atoms in total. The van der Waals surface area contributed by atoms with E-state index in [-0.39, 0.29) is 0 Å². The highest BCUT2D eigenvalue weighted by Crippen LogP contribution is 2.30. The molecule has 0 aliphatic carbocycles. The summed E-state index contributed by atoms with van der Waals surface area (Å²) in [6, 6.07) is 5.71. The van der Waals surface area contributed by atoms with Crippen LogP contribution in [0.3, 0.4) is 0 Å². The zero-order chi connectivity index (χ0) is 18.5. The Kier molecular flexibility index (Phi) is 4.86. The number of aromatic nitrogens is 6. The normalized spacial score (nSPS) is 10.9. The van der Waals surface area contributed by atoms with Crippen molar-refractivity contribution in [1.82, 2.24) is 29.7 Å². The minimum atomic E-state index is 0.576. The van der Waals surface area contributed by atoms with Crippen molar-refractivity contribution >= 4 is 5.95 Å². The van der Waals surface area contributed by atoms with Gasteiger partial charge >= 0.3 is 0 Å². The van der Waals surface area contributed by atoms with Gasteiger partial charge in [0.05, 0.1) is 23.3 Å². The van der Waals surface area contributed by atoms with Crippen molar-refractivity contribution in [1.29, 1.82) is 0 Å². The lowest BCUT2D eigenvalue weighted by atomic mass is 10.1. The molecule has 0 fully saturated rings. The predicted molar refractivity (Wildman–Crippen MR) is 101 cm³/mol. The van der Waals surface area contributed by atoms with Crippen LogP contribution in [-0.4, -0.2) is 36.2 Å². The molecule has 0 aliphatic heterocycles. The number of pyridine rings is 1. The van der Waals surface area contributed by atoms with Gasteiger partial charge in [0, 0.05) is 55.7 Å². The van der Waals surface area contributed by atoms with Gasteiger partial charge in [-0.25, -0.2) is 15.0 Å². The van der Waals surface area contributed by atoms with E-state index < -0.39 is 0 Å². The molecule has 0 bridgehead atoms. The highest BCUT2D eigenvalue weighted by atomic mass is 16.5. The summed E-state index contributed by atoms with van der Waals surface area (Å²) < 4.78 is 7.46. The smallest absolute Gasteiger partial charge is 0.223 e. The van der Waals surface area contributed by atoms with Gasteiger partial charge in [-0.1, -0.05) is 5.16 Å². The fourth-order valence-electron chi connectivity index (χ4n) is 2.75. The molecule has 0 amide bonds. The van der Waals surface area contributed by atoms with Crippen LogP contribution < -0.4 is 5.32 Å². The summed E-state index contributed by atoms with van der Waals surface area (Å²) in [6.45, 7) is 3.53. The number of hydrogen-bond acceptors (Lipinski definition) is 7. The molecule has 0 saturated heterocycles. The molecule has 4 aromatic rings. The molecule has 136 valence electrons. The van der Waals surface area contributed by atoms with Crippen molar-refractivity contribution in [2.45, 2.75) is 19.9 Å². The highest BCUT2D eigenvalue weighted by molar-refractivity contribution is 5.78. The van der Waals surface area contributed by atoms with Crippen molar-refractivity contribution in [3.05, 3.63) is 61.2 Å². The van der Waals surface area contributed by atoms with E-state index in [0.717, 1.165) is 42.0 Å². The summed E-state index contributed by atoms with van der Waals surface area (Å²) in [6.07, 6.45) is 11.7. The Morgan fingerprint density at radius 3 is 2.78 bits per heavy atom. The molecule has 0 aromatic carbocycles. The second-order valence-corrected chi connectivity index (χ2v) is 6.11. The second kappa shape index (κ2) is 7.77. The van der Waals surface area contributed by atoms with E-state index in [0.29, 0.717) is 11.7 Å². The van der Waals surface area contributed by atoms with Crippen molar-refractivity contribution in [3.8, 4) is 22.6 Å². The molecule has 0 spiro atoms. The number of aryl methyl sites for hydroxylation is 2. The summed E-state index contributed by atoms with van der Waals surface area (Å²) in [5.41, 5.74) is 3.33. The molecular weight excluding hydrogens is 342 g/mol. The first kappa shape index (κ1) is 16.9. The van der Waals surface area contributed by atoms with Gasteiger partial charge in [-0.3, -0.25) is 4.98 Å². The lowest BCUT2D eigenvalue weighted by Gasteiger charge is -2.10. The molecule has 0 aliphatic rings. The molecule has 0 radical (unpaired) electrons. The third-order valence-corrected chi connectivity index (χ3v) is 4.07. The van der Waals surface area contributed by atoms with Crippen LogP contribution in [0, 0.1) is 6.92 Å². The van der Waals surface area contributed by atoms with Gasteiger partial charge in [-0.2, -0.15) is 0 Å². The summed E-state index contributed by atoms with van der Waals surface area (Å²) in [5, 5.41) is 7.25. The molecule has 27 heavy (non-hydrogen) atoms. The average Bonchev–Trinajstić information content (AvgIpc) is 3.37. The third-order valence-electron chi connectivity index (χ3n) is 4.07. The first-order valence-electron chi connectivity index (χ1n) is 8.70. The minimum Gasteiger partial charge on any atom is -0.356 e. The number of nitrogens with one attached hydrogen (secondary N) is 1. The molecule has 0 saturated carbocycles. The number of hydrogen-bond donors (Lipinski definition) is 1. The Bertz CT molecular complexity index is 996. The fraction of sp³-hybridized carbons (Fsp3) is 0.211. The van der Waals surface area contributed by atoms with Crippen molar-refractivity contribution in [2.24, 2.45) is 0 Å². The molecule has 4 rings (SSSR count). The molecule has 0 unspecified atom stereocenters. The van der Waals surface area contributed by atoms with Crippen molar-refractivity contribution in [3.63, 3.8) is 0 Å². The van der Waals surface area contributed by atoms with Crippen LogP contribution in [-0.2, 0) is 6.54 Å². The Morgan fingerprint density at radius 2 is 2.04 bits per heavy atom. The SMILES string of the molecule is Cc1cc(-c2cnc(NCCCn3ccnc3)nc2-c2ccncc2)on1. The Labute approximate surface area is 156 Å². The van der Waals surface area contributed by atoms with Gasteiger partial charge < -0.3 is 14.4 Å². The summed E-state index contributed by atoms with van der Waals surface area (Å²) in [4.78, 5) is 17.3. The first-order valence-corrected chi connectivity index (χ1v) is 8.70. The topological polar surface area (TPSA) is 94.6 Å². The van der Waals surface area contributed by atoms with Gasteiger partial charge in [-0.05, 0) is 25.5 Å². The van der Waals surface area contributed by atoms with Crippen molar-refractivity contribution in [2.75, 3.05) is 11.9 Å². The second-order valence-electron chi connectivity index (χ2n) is 6.11. The lowest BCUT2D eigenvalue weighted by molar-refractivity contribution is 0.427. The van der Waals surface area contributed by atoms with Crippen LogP contribution >= 0.6 is 0 Å². The van der Waals surface area contributed by atoms with E-state index in [2.05, 4.69) is 25.4 Å². The maximum Gasteiger partial charge on any atom is 0.223 e. The van der Waals surface area contributed by atoms with Crippen LogP contribution in [0.1, 0.15) is 12.1 Å². The lowest BCUT2D eigenvalue weighted by Crippen LogP contribution is -2.09. The highest BCUT2D eigenvalue weighted by Gasteiger charge is 2.15. The van der Waals surface area contributed by atoms with E-state index in [1.54, 1.807) is 24.8 Å². The first-order chi connectivity index (χ1) is 13.3. The number of rotatable bonds is 7. The predicted octanol–water partition coefficient (Wildman–Crippen LogP) is 3.20. The average molecular weight is 361 g/mol. The van der Waals surface area contributed by atoms with Gasteiger partial charge in [0.2, 0.25) is 5.95 Å². The Hall–Kier alpha value is -3.55. The molecule has 1 N–H and O–H groups in total. The van der Waals surface area contributed by atoms with E-state index in [1.165, 1.54) is 0 Å². The van der Waals surface area contributed by atoms with E-state index >= 15 is 0 Å². The third kappa shape index (κ3) is 4.00. The Balaban J connectivity index is 1.55. The van der Waals surface area contributed by atoms with Crippen LogP contribution in [0.4, 0.5) is 5.95 Å².